The minimum Gasteiger partial charge on any atom is -0.505 e. The molecule has 0 atom stereocenters. The van der Waals surface area contributed by atoms with Crippen molar-refractivity contribution in [3.05, 3.63) is 94.6 Å². The van der Waals surface area contributed by atoms with Crippen LogP contribution in [0.5, 0.6) is 11.5 Å². The summed E-state index contributed by atoms with van der Waals surface area (Å²) in [6, 6.07) is 16.5. The Morgan fingerprint density at radius 3 is 1.21 bits per heavy atom. The number of rotatable bonds is 4. The number of hydrogen-bond donors (Lipinski definition) is 2. The zero-order valence-corrected chi connectivity index (χ0v) is 12.8. The van der Waals surface area contributed by atoms with Crippen molar-refractivity contribution in [1.29, 1.82) is 0 Å². The van der Waals surface area contributed by atoms with Gasteiger partial charge in [0.25, 0.3) is 0 Å². The number of halogens is 2. The van der Waals surface area contributed by atoms with Crippen LogP contribution >= 0.6 is 0 Å². The monoisotopic (exact) mass is 326 g/mol. The zero-order valence-electron chi connectivity index (χ0n) is 12.8. The number of phenolic OH excluding ortho intramolecular Hbond substituents is 2. The van der Waals surface area contributed by atoms with Gasteiger partial charge in [0.05, 0.1) is 0 Å². The molecule has 3 aromatic rings. The molecule has 4 heteroatoms. The third-order valence-electron chi connectivity index (χ3n) is 3.86. The van der Waals surface area contributed by atoms with E-state index in [-0.39, 0.29) is 11.5 Å². The van der Waals surface area contributed by atoms with Gasteiger partial charge in [-0.1, -0.05) is 36.4 Å². The second kappa shape index (κ2) is 6.71. The molecule has 0 saturated heterocycles. The quantitative estimate of drug-likeness (QED) is 0.738. The summed E-state index contributed by atoms with van der Waals surface area (Å²) in [7, 11) is 0. The van der Waals surface area contributed by atoms with Crippen LogP contribution in [-0.2, 0) is 12.8 Å². The van der Waals surface area contributed by atoms with Crippen molar-refractivity contribution in [3.63, 3.8) is 0 Å². The Morgan fingerprint density at radius 2 is 0.875 bits per heavy atom. The fraction of sp³-hybridized carbons (Fsp3) is 0.100. The van der Waals surface area contributed by atoms with Crippen LogP contribution in [0.2, 0.25) is 0 Å². The van der Waals surface area contributed by atoms with Crippen molar-refractivity contribution >= 4 is 0 Å². The summed E-state index contributed by atoms with van der Waals surface area (Å²) in [5.74, 6) is -1.96. The second-order valence-corrected chi connectivity index (χ2v) is 5.74. The average Bonchev–Trinajstić information content (AvgIpc) is 2.56. The molecule has 0 aliphatic rings. The molecule has 0 unspecified atom stereocenters. The van der Waals surface area contributed by atoms with E-state index in [0.717, 1.165) is 22.3 Å². The van der Waals surface area contributed by atoms with Gasteiger partial charge in [-0.05, 0) is 59.4 Å². The van der Waals surface area contributed by atoms with Gasteiger partial charge in [0, 0.05) is 0 Å². The highest BCUT2D eigenvalue weighted by Crippen LogP contribution is 2.21. The number of hydrogen-bond acceptors (Lipinski definition) is 2. The first-order valence-corrected chi connectivity index (χ1v) is 7.54. The average molecular weight is 326 g/mol. The highest BCUT2D eigenvalue weighted by molar-refractivity contribution is 5.35. The number of phenols is 2. The first kappa shape index (κ1) is 16.0. The van der Waals surface area contributed by atoms with E-state index in [1.165, 1.54) is 24.3 Å². The lowest BCUT2D eigenvalue weighted by Crippen LogP contribution is -1.93. The van der Waals surface area contributed by atoms with Crippen LogP contribution in [0.3, 0.4) is 0 Å². The highest BCUT2D eigenvalue weighted by atomic mass is 19.1. The molecule has 3 rings (SSSR count). The lowest BCUT2D eigenvalue weighted by Gasteiger charge is -2.06. The Kier molecular flexibility index (Phi) is 4.47. The Morgan fingerprint density at radius 1 is 0.542 bits per heavy atom. The highest BCUT2D eigenvalue weighted by Gasteiger charge is 2.05. The van der Waals surface area contributed by atoms with Gasteiger partial charge in [-0.2, -0.15) is 0 Å². The summed E-state index contributed by atoms with van der Waals surface area (Å²) >= 11 is 0. The summed E-state index contributed by atoms with van der Waals surface area (Å²) in [6.07, 6.45) is 1.12. The number of aromatic hydroxyl groups is 2. The van der Waals surface area contributed by atoms with E-state index in [2.05, 4.69) is 0 Å². The third kappa shape index (κ3) is 3.71. The van der Waals surface area contributed by atoms with Gasteiger partial charge >= 0.3 is 0 Å². The van der Waals surface area contributed by atoms with Crippen LogP contribution in [-0.4, -0.2) is 10.2 Å². The van der Waals surface area contributed by atoms with Crippen molar-refractivity contribution in [2.75, 3.05) is 0 Å². The molecule has 0 spiro atoms. The standard InChI is InChI=1S/C20H16F2O2/c21-17-11-15(5-7-19(17)23)9-13-1-2-14(4-3-13)10-16-6-8-20(24)18(22)12-16/h1-8,11-12,23-24H,9-10H2. The van der Waals surface area contributed by atoms with E-state index < -0.39 is 11.6 Å². The molecule has 0 aliphatic carbocycles. The second-order valence-electron chi connectivity index (χ2n) is 5.74. The zero-order chi connectivity index (χ0) is 17.1. The van der Waals surface area contributed by atoms with Crippen molar-refractivity contribution in [2.45, 2.75) is 12.8 Å². The maximum Gasteiger partial charge on any atom is 0.165 e. The van der Waals surface area contributed by atoms with E-state index in [0.29, 0.717) is 12.8 Å². The van der Waals surface area contributed by atoms with Crippen LogP contribution < -0.4 is 0 Å². The largest absolute Gasteiger partial charge is 0.505 e. The minimum atomic E-state index is -0.626. The smallest absolute Gasteiger partial charge is 0.165 e. The molecule has 3 aromatic carbocycles. The fourth-order valence-electron chi connectivity index (χ4n) is 2.57. The van der Waals surface area contributed by atoms with E-state index in [4.69, 9.17) is 0 Å². The van der Waals surface area contributed by atoms with Gasteiger partial charge in [0.15, 0.2) is 23.1 Å². The predicted molar refractivity (Wildman–Crippen MR) is 88.2 cm³/mol. The Hall–Kier alpha value is -2.88. The van der Waals surface area contributed by atoms with Gasteiger partial charge in [0.1, 0.15) is 0 Å². The molecule has 0 fully saturated rings. The molecule has 0 radical (unpaired) electrons. The van der Waals surface area contributed by atoms with Gasteiger partial charge in [-0.25, -0.2) is 8.78 Å². The fourth-order valence-corrected chi connectivity index (χ4v) is 2.57. The van der Waals surface area contributed by atoms with E-state index >= 15 is 0 Å². The maximum absolute atomic E-state index is 13.4. The van der Waals surface area contributed by atoms with Gasteiger partial charge in [-0.3, -0.25) is 0 Å². The van der Waals surface area contributed by atoms with Gasteiger partial charge in [0.2, 0.25) is 0 Å². The van der Waals surface area contributed by atoms with Crippen molar-refractivity contribution < 1.29 is 19.0 Å². The Balaban J connectivity index is 1.70. The topological polar surface area (TPSA) is 40.5 Å². The molecular formula is C20H16F2O2. The summed E-state index contributed by atoms with van der Waals surface area (Å²) < 4.78 is 26.7. The first-order chi connectivity index (χ1) is 11.5. The molecule has 2 nitrogen and oxygen atoms in total. The van der Waals surface area contributed by atoms with E-state index in [1.54, 1.807) is 12.1 Å². The molecule has 0 aliphatic heterocycles. The normalized spacial score (nSPS) is 10.8. The van der Waals surface area contributed by atoms with Crippen molar-refractivity contribution in [1.82, 2.24) is 0 Å². The molecule has 2 N–H and O–H groups in total. The lowest BCUT2D eigenvalue weighted by atomic mass is 10.00. The van der Waals surface area contributed by atoms with Crippen LogP contribution in [0.25, 0.3) is 0 Å². The molecule has 0 amide bonds. The lowest BCUT2D eigenvalue weighted by molar-refractivity contribution is 0.432. The Labute approximate surface area is 138 Å². The molecule has 122 valence electrons. The third-order valence-corrected chi connectivity index (χ3v) is 3.86. The maximum atomic E-state index is 13.4. The van der Waals surface area contributed by atoms with Gasteiger partial charge < -0.3 is 10.2 Å². The van der Waals surface area contributed by atoms with Crippen LogP contribution in [0.4, 0.5) is 8.78 Å². The molecule has 0 bridgehead atoms. The van der Waals surface area contributed by atoms with Crippen molar-refractivity contribution in [3.8, 4) is 11.5 Å². The summed E-state index contributed by atoms with van der Waals surface area (Å²) in [5.41, 5.74) is 3.58. The van der Waals surface area contributed by atoms with E-state index in [1.807, 2.05) is 24.3 Å². The van der Waals surface area contributed by atoms with E-state index in [9.17, 15) is 19.0 Å². The number of benzene rings is 3. The molecule has 0 saturated carbocycles. The predicted octanol–water partition coefficient (Wildman–Crippen LogP) is 4.56. The SMILES string of the molecule is Oc1ccc(Cc2ccc(Cc3ccc(O)c(F)c3)cc2)cc1F. The van der Waals surface area contributed by atoms with Crippen LogP contribution in [0.15, 0.2) is 60.7 Å². The van der Waals surface area contributed by atoms with Gasteiger partial charge in [-0.15, -0.1) is 0 Å². The first-order valence-electron chi connectivity index (χ1n) is 7.54. The molecule has 0 heterocycles. The molecule has 0 aromatic heterocycles. The summed E-state index contributed by atoms with van der Waals surface area (Å²) in [4.78, 5) is 0. The Bertz CT molecular complexity index is 786. The van der Waals surface area contributed by atoms with Crippen LogP contribution in [0.1, 0.15) is 22.3 Å². The summed E-state index contributed by atoms with van der Waals surface area (Å²) in [6.45, 7) is 0. The summed E-state index contributed by atoms with van der Waals surface area (Å²) in [5, 5.41) is 18.4. The minimum absolute atomic E-state index is 0.352. The molecule has 24 heavy (non-hydrogen) atoms. The van der Waals surface area contributed by atoms with Crippen LogP contribution in [0, 0.1) is 11.6 Å². The molecular weight excluding hydrogens is 310 g/mol. The van der Waals surface area contributed by atoms with Crippen molar-refractivity contribution in [2.24, 2.45) is 0 Å².